The fraction of sp³-hybridized carbons (Fsp3) is 0.889. The van der Waals surface area contributed by atoms with Gasteiger partial charge in [0, 0.05) is 4.91 Å². The Morgan fingerprint density at radius 1 is 1.60 bits per heavy atom. The zero-order valence-electron chi connectivity index (χ0n) is 9.65. The van der Waals surface area contributed by atoms with Crippen molar-refractivity contribution in [3.63, 3.8) is 0 Å². The standard InChI is InChI=1S/C9H18N4O2/c1-5-6-7(12-13-10)11-8(14)15-9(2,3)4/h7H,5-6H2,1-4H3,(H,11,14). The number of amides is 1. The molecule has 0 spiro atoms. The molecule has 0 fully saturated rings. The maximum atomic E-state index is 11.3. The molecule has 0 saturated carbocycles. The van der Waals surface area contributed by atoms with E-state index < -0.39 is 17.9 Å². The minimum atomic E-state index is -0.562. The highest BCUT2D eigenvalue weighted by Crippen LogP contribution is 2.07. The molecule has 0 rings (SSSR count). The lowest BCUT2D eigenvalue weighted by Crippen LogP contribution is -2.37. The maximum Gasteiger partial charge on any atom is 0.408 e. The second kappa shape index (κ2) is 6.14. The van der Waals surface area contributed by atoms with E-state index in [1.165, 1.54) is 0 Å². The SMILES string of the molecule is CCCC(N=[N+]=[N-])NC(=O)OC(C)(C)C. The average molecular weight is 214 g/mol. The van der Waals surface area contributed by atoms with E-state index in [1.807, 2.05) is 6.92 Å². The van der Waals surface area contributed by atoms with Gasteiger partial charge in [0.1, 0.15) is 11.8 Å². The molecule has 1 N–H and O–H groups in total. The van der Waals surface area contributed by atoms with E-state index in [2.05, 4.69) is 15.3 Å². The normalized spacial score (nSPS) is 12.5. The smallest absolute Gasteiger partial charge is 0.408 e. The van der Waals surface area contributed by atoms with Gasteiger partial charge in [0.15, 0.2) is 0 Å². The van der Waals surface area contributed by atoms with E-state index >= 15 is 0 Å². The van der Waals surface area contributed by atoms with Crippen LogP contribution in [0.5, 0.6) is 0 Å². The summed E-state index contributed by atoms with van der Waals surface area (Å²) < 4.78 is 5.03. The number of azide groups is 1. The molecule has 0 aliphatic rings. The Balaban J connectivity index is 4.17. The third kappa shape index (κ3) is 7.64. The van der Waals surface area contributed by atoms with Crippen molar-refractivity contribution >= 4 is 6.09 Å². The molecule has 0 heterocycles. The molecule has 0 aromatic carbocycles. The number of ether oxygens (including phenoxy) is 1. The van der Waals surface area contributed by atoms with Gasteiger partial charge in [-0.05, 0) is 32.7 Å². The van der Waals surface area contributed by atoms with Crippen molar-refractivity contribution in [1.82, 2.24) is 5.32 Å². The van der Waals surface area contributed by atoms with E-state index in [4.69, 9.17) is 10.3 Å². The summed E-state index contributed by atoms with van der Waals surface area (Å²) in [5.41, 5.74) is 7.73. The van der Waals surface area contributed by atoms with Gasteiger partial charge in [0.2, 0.25) is 0 Å². The first-order valence-corrected chi connectivity index (χ1v) is 4.92. The molecule has 86 valence electrons. The summed E-state index contributed by atoms with van der Waals surface area (Å²) in [6.07, 6.45) is 0.325. The Bertz CT molecular complexity index is 253. The molecule has 1 unspecified atom stereocenters. The Labute approximate surface area is 89.6 Å². The topological polar surface area (TPSA) is 87.1 Å². The van der Waals surface area contributed by atoms with Crippen LogP contribution in [0.15, 0.2) is 5.11 Å². The molecule has 0 saturated heterocycles. The molecule has 0 aromatic heterocycles. The van der Waals surface area contributed by atoms with Crippen LogP contribution >= 0.6 is 0 Å². The molecular formula is C9H18N4O2. The van der Waals surface area contributed by atoms with Gasteiger partial charge >= 0.3 is 6.09 Å². The summed E-state index contributed by atoms with van der Waals surface area (Å²) in [6.45, 7) is 7.26. The predicted octanol–water partition coefficient (Wildman–Crippen LogP) is 2.95. The monoisotopic (exact) mass is 214 g/mol. The van der Waals surface area contributed by atoms with Crippen molar-refractivity contribution in [3.05, 3.63) is 10.4 Å². The number of carbonyl (C=O) groups excluding carboxylic acids is 1. The molecule has 1 atom stereocenters. The first-order chi connectivity index (χ1) is 6.89. The molecule has 0 radical (unpaired) electrons. The molecule has 0 bridgehead atoms. The highest BCUT2D eigenvalue weighted by molar-refractivity contribution is 5.68. The highest BCUT2D eigenvalue weighted by Gasteiger charge is 2.18. The third-order valence-electron chi connectivity index (χ3n) is 1.44. The van der Waals surface area contributed by atoms with E-state index in [1.54, 1.807) is 20.8 Å². The zero-order chi connectivity index (χ0) is 11.9. The minimum Gasteiger partial charge on any atom is -0.444 e. The van der Waals surface area contributed by atoms with Gasteiger partial charge in [-0.25, -0.2) is 4.79 Å². The lowest BCUT2D eigenvalue weighted by atomic mass is 10.2. The summed E-state index contributed by atoms with van der Waals surface area (Å²) >= 11 is 0. The summed E-state index contributed by atoms with van der Waals surface area (Å²) in [7, 11) is 0. The van der Waals surface area contributed by atoms with E-state index in [-0.39, 0.29) is 0 Å². The number of hydrogen-bond acceptors (Lipinski definition) is 3. The van der Waals surface area contributed by atoms with Gasteiger partial charge in [-0.3, -0.25) is 0 Å². The summed E-state index contributed by atoms with van der Waals surface area (Å²) in [6, 6.07) is 0. The largest absolute Gasteiger partial charge is 0.444 e. The van der Waals surface area contributed by atoms with Crippen LogP contribution in [-0.4, -0.2) is 17.9 Å². The highest BCUT2D eigenvalue weighted by atomic mass is 16.6. The molecule has 6 heteroatoms. The van der Waals surface area contributed by atoms with Gasteiger partial charge < -0.3 is 10.1 Å². The van der Waals surface area contributed by atoms with Gasteiger partial charge in [0.25, 0.3) is 0 Å². The van der Waals surface area contributed by atoms with Crippen LogP contribution in [0, 0.1) is 0 Å². The van der Waals surface area contributed by atoms with Crippen LogP contribution in [0.4, 0.5) is 4.79 Å². The number of rotatable bonds is 4. The Kier molecular flexibility index (Phi) is 5.56. The number of carbonyl (C=O) groups is 1. The van der Waals surface area contributed by atoms with Crippen LogP contribution in [0.3, 0.4) is 0 Å². The fourth-order valence-corrected chi connectivity index (χ4v) is 0.938. The van der Waals surface area contributed by atoms with Crippen LogP contribution in [0.2, 0.25) is 0 Å². The molecule has 0 aromatic rings. The molecule has 0 aliphatic heterocycles. The number of nitrogens with one attached hydrogen (secondary N) is 1. The molecular weight excluding hydrogens is 196 g/mol. The molecule has 15 heavy (non-hydrogen) atoms. The van der Waals surface area contributed by atoms with Crippen molar-refractivity contribution in [2.75, 3.05) is 0 Å². The summed E-state index contributed by atoms with van der Waals surface area (Å²) in [4.78, 5) is 14.0. The lowest BCUT2D eigenvalue weighted by Gasteiger charge is -2.21. The fourth-order valence-electron chi connectivity index (χ4n) is 0.938. The van der Waals surface area contributed by atoms with Crippen molar-refractivity contribution < 1.29 is 9.53 Å². The summed E-state index contributed by atoms with van der Waals surface area (Å²) in [5.74, 6) is 0. The molecule has 6 nitrogen and oxygen atoms in total. The average Bonchev–Trinajstić information content (AvgIpc) is 2.00. The van der Waals surface area contributed by atoms with Gasteiger partial charge in [0.05, 0.1) is 0 Å². The maximum absolute atomic E-state index is 11.3. The first kappa shape index (κ1) is 13.6. The number of nitrogens with zero attached hydrogens (tertiary/aromatic N) is 3. The van der Waals surface area contributed by atoms with Crippen LogP contribution in [0.25, 0.3) is 10.4 Å². The van der Waals surface area contributed by atoms with Crippen LogP contribution in [-0.2, 0) is 4.74 Å². The predicted molar refractivity (Wildman–Crippen MR) is 57.2 cm³/mol. The first-order valence-electron chi connectivity index (χ1n) is 4.92. The second-order valence-electron chi connectivity index (χ2n) is 4.16. The van der Waals surface area contributed by atoms with Crippen molar-refractivity contribution in [1.29, 1.82) is 0 Å². The van der Waals surface area contributed by atoms with E-state index in [9.17, 15) is 4.79 Å². The van der Waals surface area contributed by atoms with Crippen LogP contribution in [0.1, 0.15) is 40.5 Å². The third-order valence-corrected chi connectivity index (χ3v) is 1.44. The van der Waals surface area contributed by atoms with Crippen molar-refractivity contribution in [2.24, 2.45) is 5.11 Å². The van der Waals surface area contributed by atoms with Crippen LogP contribution < -0.4 is 5.32 Å². The summed E-state index contributed by atoms with van der Waals surface area (Å²) in [5, 5.41) is 5.95. The Morgan fingerprint density at radius 3 is 2.60 bits per heavy atom. The minimum absolute atomic E-state index is 0.533. The molecule has 0 aliphatic carbocycles. The zero-order valence-corrected chi connectivity index (χ0v) is 9.65. The van der Waals surface area contributed by atoms with Gasteiger partial charge in [-0.2, -0.15) is 0 Å². The molecule has 1 amide bonds. The van der Waals surface area contributed by atoms with Gasteiger partial charge in [-0.1, -0.05) is 18.5 Å². The number of alkyl carbamates (subject to hydrolysis) is 1. The van der Waals surface area contributed by atoms with E-state index in [0.717, 1.165) is 6.42 Å². The number of hydrogen-bond donors (Lipinski definition) is 1. The van der Waals surface area contributed by atoms with Gasteiger partial charge in [-0.15, -0.1) is 0 Å². The second-order valence-corrected chi connectivity index (χ2v) is 4.16. The van der Waals surface area contributed by atoms with Crippen molar-refractivity contribution in [3.8, 4) is 0 Å². The van der Waals surface area contributed by atoms with Crippen molar-refractivity contribution in [2.45, 2.75) is 52.3 Å². The Morgan fingerprint density at radius 2 is 2.20 bits per heavy atom. The van der Waals surface area contributed by atoms with E-state index in [0.29, 0.717) is 6.42 Å². The lowest BCUT2D eigenvalue weighted by molar-refractivity contribution is 0.0503. The quantitative estimate of drug-likeness (QED) is 0.443. The Hall–Kier alpha value is -1.42.